The van der Waals surface area contributed by atoms with Crippen molar-refractivity contribution in [2.24, 2.45) is 0 Å². The molecular weight excluding hydrogens is 609 g/mol. The number of esters is 2. The smallest absolute Gasteiger partial charge is 0.306 e. The van der Waals surface area contributed by atoms with Crippen LogP contribution >= 0.6 is 11.8 Å². The first kappa shape index (κ1) is 45.5. The molecule has 276 valence electrons. The number of amides is 1. The summed E-state index contributed by atoms with van der Waals surface area (Å²) in [4.78, 5) is 41.9. The average Bonchev–Trinajstić information content (AvgIpc) is 3.04. The van der Waals surface area contributed by atoms with Crippen LogP contribution in [0.25, 0.3) is 0 Å². The molecule has 0 fully saturated rings. The van der Waals surface area contributed by atoms with Crippen LogP contribution in [0.4, 0.5) is 4.79 Å². The molecule has 0 atom stereocenters. The van der Waals surface area contributed by atoms with Crippen molar-refractivity contribution in [1.29, 1.82) is 0 Å². The maximum Gasteiger partial charge on any atom is 0.306 e. The summed E-state index contributed by atoms with van der Waals surface area (Å²) < 4.78 is 11.3. The molecule has 47 heavy (non-hydrogen) atoms. The highest BCUT2D eigenvalue weighted by atomic mass is 32.2. The number of hydrogen-bond acceptors (Lipinski definition) is 7. The first-order valence-electron chi connectivity index (χ1n) is 19.4. The van der Waals surface area contributed by atoms with Crippen molar-refractivity contribution < 1.29 is 23.9 Å². The van der Waals surface area contributed by atoms with Gasteiger partial charge in [0.25, 0.3) is 5.24 Å². The highest BCUT2D eigenvalue weighted by Crippen LogP contribution is 2.18. The van der Waals surface area contributed by atoms with Gasteiger partial charge < -0.3 is 19.3 Å². The van der Waals surface area contributed by atoms with Gasteiger partial charge in [-0.15, -0.1) is 0 Å². The zero-order valence-electron chi connectivity index (χ0n) is 31.4. The van der Waals surface area contributed by atoms with Crippen molar-refractivity contribution >= 4 is 28.9 Å². The molecule has 0 heterocycles. The van der Waals surface area contributed by atoms with Crippen molar-refractivity contribution in [3.8, 4) is 0 Å². The predicted octanol–water partition coefficient (Wildman–Crippen LogP) is 10.7. The number of allylic oxidation sites excluding steroid dienone is 1. The Bertz CT molecular complexity index is 764. The molecule has 0 N–H and O–H groups in total. The summed E-state index contributed by atoms with van der Waals surface area (Å²) in [6, 6.07) is 0. The van der Waals surface area contributed by atoms with E-state index in [9.17, 15) is 14.4 Å². The second-order valence-electron chi connectivity index (χ2n) is 13.3. The van der Waals surface area contributed by atoms with Crippen molar-refractivity contribution in [3.05, 3.63) is 12.2 Å². The second-order valence-corrected chi connectivity index (χ2v) is 14.4. The first-order valence-corrected chi connectivity index (χ1v) is 20.4. The number of carbonyl (C=O) groups is 3. The van der Waals surface area contributed by atoms with Gasteiger partial charge in [0, 0.05) is 38.2 Å². The molecule has 0 radical (unpaired) electrons. The van der Waals surface area contributed by atoms with Crippen LogP contribution in [0, 0.1) is 0 Å². The Morgan fingerprint density at radius 2 is 1.17 bits per heavy atom. The minimum atomic E-state index is -0.120. The largest absolute Gasteiger partial charge is 0.462 e. The van der Waals surface area contributed by atoms with Crippen molar-refractivity contribution in [2.75, 3.05) is 46.1 Å². The zero-order chi connectivity index (χ0) is 34.8. The van der Waals surface area contributed by atoms with E-state index in [0.717, 1.165) is 76.5 Å². The standard InChI is InChI=1S/C39H74N2O5S/c1-6-9-12-15-16-20-25-34-45-37(42)29-23-18-17-19-24-31-41(39(44)47-35-33-40(4)5)32-26-30-38(43)46-36(27-21-13-10-7-2)28-22-14-11-8-3/h20,25,36H,6-19,21-24,26-35H2,1-5H3/b25-20-. The molecule has 0 rings (SSSR count). The summed E-state index contributed by atoms with van der Waals surface area (Å²) in [6.45, 7) is 9.16. The lowest BCUT2D eigenvalue weighted by molar-refractivity contribution is -0.150. The number of hydrogen-bond donors (Lipinski definition) is 0. The number of carbonyl (C=O) groups excluding carboxylic acids is 3. The topological polar surface area (TPSA) is 76.1 Å². The molecule has 0 unspecified atom stereocenters. The van der Waals surface area contributed by atoms with E-state index >= 15 is 0 Å². The maximum atomic E-state index is 13.0. The predicted molar refractivity (Wildman–Crippen MR) is 201 cm³/mol. The Labute approximate surface area is 294 Å². The highest BCUT2D eigenvalue weighted by molar-refractivity contribution is 8.13. The van der Waals surface area contributed by atoms with Crippen LogP contribution in [0.15, 0.2) is 12.2 Å². The van der Waals surface area contributed by atoms with Crippen LogP contribution in [-0.4, -0.2) is 79.2 Å². The fraction of sp³-hybridized carbons (Fsp3) is 0.872. The molecule has 7 nitrogen and oxygen atoms in total. The Balaban J connectivity index is 4.48. The van der Waals surface area contributed by atoms with Gasteiger partial charge in [0.2, 0.25) is 0 Å². The van der Waals surface area contributed by atoms with Crippen molar-refractivity contribution in [3.63, 3.8) is 0 Å². The van der Waals surface area contributed by atoms with E-state index in [1.807, 2.05) is 25.1 Å². The Morgan fingerprint density at radius 1 is 0.617 bits per heavy atom. The van der Waals surface area contributed by atoms with Gasteiger partial charge in [-0.3, -0.25) is 14.4 Å². The maximum absolute atomic E-state index is 13.0. The molecule has 0 bridgehead atoms. The monoisotopic (exact) mass is 683 g/mol. The lowest BCUT2D eigenvalue weighted by atomic mass is 10.0. The van der Waals surface area contributed by atoms with Gasteiger partial charge in [0.15, 0.2) is 0 Å². The lowest BCUT2D eigenvalue weighted by Crippen LogP contribution is -2.31. The van der Waals surface area contributed by atoms with Crippen molar-refractivity contribution in [2.45, 2.75) is 175 Å². The van der Waals surface area contributed by atoms with Gasteiger partial charge in [-0.25, -0.2) is 0 Å². The van der Waals surface area contributed by atoms with E-state index in [1.54, 1.807) is 0 Å². The molecule has 0 aliphatic heterocycles. The highest BCUT2D eigenvalue weighted by Gasteiger charge is 2.17. The first-order chi connectivity index (χ1) is 22.8. The Morgan fingerprint density at radius 3 is 1.81 bits per heavy atom. The van der Waals surface area contributed by atoms with E-state index in [2.05, 4.69) is 31.7 Å². The molecule has 1 amide bonds. The van der Waals surface area contributed by atoms with E-state index in [-0.39, 0.29) is 23.3 Å². The fourth-order valence-electron chi connectivity index (χ4n) is 5.41. The third-order valence-electron chi connectivity index (χ3n) is 8.43. The molecule has 0 saturated carbocycles. The van der Waals surface area contributed by atoms with E-state index in [4.69, 9.17) is 9.47 Å². The molecule has 0 aromatic heterocycles. The molecule has 0 aromatic carbocycles. The summed E-state index contributed by atoms with van der Waals surface area (Å²) in [5, 5.41) is 0.0997. The number of rotatable bonds is 33. The summed E-state index contributed by atoms with van der Waals surface area (Å²) in [5.41, 5.74) is 0. The summed E-state index contributed by atoms with van der Waals surface area (Å²) in [5.74, 6) is 0.517. The Kier molecular flexibility index (Phi) is 33.2. The average molecular weight is 683 g/mol. The van der Waals surface area contributed by atoms with Crippen LogP contribution in [0.2, 0.25) is 0 Å². The van der Waals surface area contributed by atoms with Gasteiger partial charge in [0.1, 0.15) is 12.7 Å². The third-order valence-corrected chi connectivity index (χ3v) is 9.32. The fourth-order valence-corrected chi connectivity index (χ4v) is 6.41. The molecule has 0 aromatic rings. The van der Waals surface area contributed by atoms with Gasteiger partial charge in [-0.1, -0.05) is 122 Å². The number of thioether (sulfide) groups is 1. The quantitative estimate of drug-likeness (QED) is 0.0387. The molecule has 0 spiro atoms. The molecule has 0 aliphatic rings. The van der Waals surface area contributed by atoms with Crippen LogP contribution < -0.4 is 0 Å². The summed E-state index contributed by atoms with van der Waals surface area (Å²) >= 11 is 1.37. The van der Waals surface area contributed by atoms with Crippen LogP contribution in [0.5, 0.6) is 0 Å². The lowest BCUT2D eigenvalue weighted by Gasteiger charge is -2.23. The Hall–Kier alpha value is -1.54. The normalized spacial score (nSPS) is 11.6. The molecule has 0 saturated heterocycles. The SMILES string of the molecule is CCCCCC/C=C\COC(=O)CCCCCCCN(CCCC(=O)OC(CCCCCC)CCCCCC)C(=O)SCCN(C)C. The van der Waals surface area contributed by atoms with Gasteiger partial charge in [-0.2, -0.15) is 0 Å². The zero-order valence-corrected chi connectivity index (χ0v) is 32.2. The number of nitrogens with zero attached hydrogens (tertiary/aromatic N) is 2. The molecular formula is C39H74N2O5S. The van der Waals surface area contributed by atoms with E-state index in [0.29, 0.717) is 39.0 Å². The third kappa shape index (κ3) is 31.5. The van der Waals surface area contributed by atoms with Gasteiger partial charge in [0.05, 0.1) is 0 Å². The van der Waals surface area contributed by atoms with Crippen LogP contribution in [0.3, 0.4) is 0 Å². The minimum Gasteiger partial charge on any atom is -0.462 e. The van der Waals surface area contributed by atoms with Gasteiger partial charge >= 0.3 is 11.9 Å². The summed E-state index contributed by atoms with van der Waals surface area (Å²) in [6.07, 6.45) is 27.8. The number of ether oxygens (including phenoxy) is 2. The van der Waals surface area contributed by atoms with Crippen molar-refractivity contribution in [1.82, 2.24) is 9.80 Å². The minimum absolute atomic E-state index is 0.0272. The van der Waals surface area contributed by atoms with Crippen LogP contribution in [-0.2, 0) is 19.1 Å². The molecule has 0 aliphatic carbocycles. The molecule has 8 heteroatoms. The van der Waals surface area contributed by atoms with E-state index in [1.165, 1.54) is 76.0 Å². The van der Waals surface area contributed by atoms with Gasteiger partial charge in [-0.05, 0) is 71.9 Å². The summed E-state index contributed by atoms with van der Waals surface area (Å²) in [7, 11) is 4.03. The second kappa shape index (κ2) is 34.3. The van der Waals surface area contributed by atoms with Crippen LogP contribution in [0.1, 0.15) is 168 Å². The number of unbranched alkanes of at least 4 members (excludes halogenated alkanes) is 14. The van der Waals surface area contributed by atoms with E-state index < -0.39 is 0 Å².